The molecule has 1 heterocycles. The molecule has 0 saturated carbocycles. The Kier molecular flexibility index (Phi) is 14.4. The first-order valence-electron chi connectivity index (χ1n) is 17.8. The van der Waals surface area contributed by atoms with E-state index in [0.717, 1.165) is 9.87 Å². The number of nitrogens with one attached hydrogen (secondary N) is 1. The van der Waals surface area contributed by atoms with E-state index in [1.807, 2.05) is 34.7 Å². The van der Waals surface area contributed by atoms with Gasteiger partial charge in [-0.1, -0.05) is 36.4 Å². The zero-order chi connectivity index (χ0) is 42.3. The molecule has 1 atom stereocenters. The van der Waals surface area contributed by atoms with Crippen LogP contribution in [0.2, 0.25) is 0 Å². The van der Waals surface area contributed by atoms with Crippen LogP contribution in [0.3, 0.4) is 0 Å². The smallest absolute Gasteiger partial charge is 0.407 e. The van der Waals surface area contributed by atoms with Gasteiger partial charge in [0, 0.05) is 23.2 Å². The van der Waals surface area contributed by atoms with E-state index in [1.165, 1.54) is 31.1 Å². The van der Waals surface area contributed by atoms with Crippen LogP contribution in [0.15, 0.2) is 94.7 Å². The molecule has 4 aromatic carbocycles. The number of alkyl carbamates (subject to hydrolysis) is 1. The van der Waals surface area contributed by atoms with Crippen molar-refractivity contribution in [2.45, 2.75) is 61.9 Å². The summed E-state index contributed by atoms with van der Waals surface area (Å²) in [4.78, 5) is 12.4. The van der Waals surface area contributed by atoms with Gasteiger partial charge in [-0.05, 0) is 114 Å². The summed E-state index contributed by atoms with van der Waals surface area (Å²) in [5.74, 6) is 0.683. The van der Waals surface area contributed by atoms with E-state index < -0.39 is 59.7 Å². The second-order valence-corrected chi connectivity index (χ2v) is 19.1. The molecule has 310 valence electrons. The number of nitrogens with zero attached hydrogens (tertiary/aromatic N) is 5. The van der Waals surface area contributed by atoms with Gasteiger partial charge in [-0.2, -0.15) is 9.10 Å². The van der Waals surface area contributed by atoms with Gasteiger partial charge in [0.1, 0.15) is 27.7 Å². The molecule has 0 spiro atoms. The van der Waals surface area contributed by atoms with Crippen LogP contribution in [0.1, 0.15) is 37.5 Å². The third-order valence-electron chi connectivity index (χ3n) is 8.49. The van der Waals surface area contributed by atoms with Gasteiger partial charge in [0.05, 0.1) is 50.2 Å². The van der Waals surface area contributed by atoms with Gasteiger partial charge in [0.15, 0.2) is 9.84 Å². The molecule has 0 fully saturated rings. The number of hydrogen-bond donors (Lipinski definition) is 2. The van der Waals surface area contributed by atoms with Gasteiger partial charge in [-0.3, -0.25) is 0 Å². The zero-order valence-corrected chi connectivity index (χ0v) is 36.5. The SMILES string of the molecule is COc1ccc(CN(Cc2ccc(OC)cc2)S(=O)(=O)c2c(S(=O)(=O)CC(O)CNC(=O)OC(C)(C)C)ccc(I)c2-c2nnn(Cc3ccc(OC)cc3)n2)cc1. The predicted octanol–water partition coefficient (Wildman–Crippen LogP) is 5.07. The van der Waals surface area contributed by atoms with E-state index in [4.69, 9.17) is 18.9 Å². The first-order valence-corrected chi connectivity index (χ1v) is 22.0. The second kappa shape index (κ2) is 18.8. The van der Waals surface area contributed by atoms with Crippen molar-refractivity contribution in [1.82, 2.24) is 29.8 Å². The molecule has 0 aliphatic carbocycles. The van der Waals surface area contributed by atoms with E-state index in [-0.39, 0.29) is 31.0 Å². The summed E-state index contributed by atoms with van der Waals surface area (Å²) in [6, 6.07) is 23.4. The van der Waals surface area contributed by atoms with Crippen LogP contribution in [0, 0.1) is 3.57 Å². The number of halogens is 1. The predicted molar refractivity (Wildman–Crippen MR) is 223 cm³/mol. The number of hydrogen-bond acceptors (Lipinski definition) is 13. The highest BCUT2D eigenvalue weighted by Gasteiger charge is 2.38. The van der Waals surface area contributed by atoms with E-state index in [9.17, 15) is 18.3 Å². The molecular weight excluding hydrogens is 903 g/mol. The Hall–Kier alpha value is -4.83. The number of ether oxygens (including phenoxy) is 4. The average molecular weight is 949 g/mol. The number of carbonyl (C=O) groups excluding carboxylic acids is 1. The maximum absolute atomic E-state index is 15.4. The molecule has 1 aromatic heterocycles. The number of aromatic nitrogens is 4. The highest BCUT2D eigenvalue weighted by Crippen LogP contribution is 2.38. The Morgan fingerprint density at radius 3 is 1.79 bits per heavy atom. The lowest BCUT2D eigenvalue weighted by Crippen LogP contribution is -2.39. The normalized spacial score (nSPS) is 12.6. The van der Waals surface area contributed by atoms with E-state index in [2.05, 4.69) is 20.7 Å². The minimum absolute atomic E-state index is 0.0986. The zero-order valence-electron chi connectivity index (χ0n) is 32.7. The molecule has 0 aliphatic rings. The van der Waals surface area contributed by atoms with Crippen LogP contribution in [0.25, 0.3) is 11.4 Å². The van der Waals surface area contributed by atoms with Crippen LogP contribution in [-0.2, 0) is 44.2 Å². The highest BCUT2D eigenvalue weighted by molar-refractivity contribution is 14.1. The Labute approximate surface area is 351 Å². The molecule has 0 saturated heterocycles. The monoisotopic (exact) mass is 948 g/mol. The van der Waals surface area contributed by atoms with Crippen molar-refractivity contribution in [3.63, 3.8) is 0 Å². The molecule has 2 N–H and O–H groups in total. The molecule has 58 heavy (non-hydrogen) atoms. The first kappa shape index (κ1) is 44.3. The summed E-state index contributed by atoms with van der Waals surface area (Å²) in [7, 11) is -4.84. The van der Waals surface area contributed by atoms with Gasteiger partial charge in [-0.25, -0.2) is 21.6 Å². The van der Waals surface area contributed by atoms with Crippen molar-refractivity contribution in [2.24, 2.45) is 0 Å². The first-order chi connectivity index (χ1) is 27.4. The van der Waals surface area contributed by atoms with Crippen LogP contribution >= 0.6 is 22.6 Å². The van der Waals surface area contributed by atoms with Gasteiger partial charge in [0.25, 0.3) is 0 Å². The van der Waals surface area contributed by atoms with Gasteiger partial charge in [0.2, 0.25) is 15.8 Å². The largest absolute Gasteiger partial charge is 0.497 e. The van der Waals surface area contributed by atoms with Crippen LogP contribution in [0.4, 0.5) is 4.79 Å². The number of rotatable bonds is 17. The molecule has 5 aromatic rings. The molecule has 0 radical (unpaired) electrons. The van der Waals surface area contributed by atoms with E-state index in [1.54, 1.807) is 88.5 Å². The Morgan fingerprint density at radius 1 is 0.810 bits per heavy atom. The molecule has 1 amide bonds. The van der Waals surface area contributed by atoms with E-state index in [0.29, 0.717) is 31.9 Å². The van der Waals surface area contributed by atoms with Crippen molar-refractivity contribution in [2.75, 3.05) is 33.6 Å². The summed E-state index contributed by atoms with van der Waals surface area (Å²) >= 11 is 1.91. The Balaban J connectivity index is 1.64. The minimum atomic E-state index is -4.80. The van der Waals surface area contributed by atoms with Gasteiger partial charge >= 0.3 is 6.09 Å². The second-order valence-electron chi connectivity index (χ2n) is 14.0. The van der Waals surface area contributed by atoms with Crippen LogP contribution in [0.5, 0.6) is 17.2 Å². The highest BCUT2D eigenvalue weighted by atomic mass is 127. The number of carbonyl (C=O) groups is 1. The quantitative estimate of drug-likeness (QED) is 0.117. The summed E-state index contributed by atoms with van der Waals surface area (Å²) in [6.07, 6.45) is -2.51. The fourth-order valence-corrected chi connectivity index (χ4v) is 10.4. The number of benzene rings is 4. The summed E-state index contributed by atoms with van der Waals surface area (Å²) < 4.78 is 82.0. The number of amides is 1. The molecule has 16 nitrogen and oxygen atoms in total. The fourth-order valence-electron chi connectivity index (χ4n) is 5.69. The third-order valence-corrected chi connectivity index (χ3v) is 13.2. The van der Waals surface area contributed by atoms with Crippen LogP contribution < -0.4 is 19.5 Å². The maximum Gasteiger partial charge on any atom is 0.407 e. The van der Waals surface area contributed by atoms with Crippen molar-refractivity contribution < 1.29 is 45.7 Å². The minimum Gasteiger partial charge on any atom is -0.497 e. The van der Waals surface area contributed by atoms with Crippen LogP contribution in [-0.4, -0.2) is 97.9 Å². The van der Waals surface area contributed by atoms with Crippen molar-refractivity contribution in [3.05, 3.63) is 105 Å². The number of methoxy groups -OCH3 is 3. The molecular formula is C39H45IN6O10S2. The lowest BCUT2D eigenvalue weighted by molar-refractivity contribution is 0.0498. The molecule has 5 rings (SSSR count). The molecule has 0 bridgehead atoms. The topological polar surface area (TPSA) is 201 Å². The molecule has 1 unspecified atom stereocenters. The summed E-state index contributed by atoms with van der Waals surface area (Å²) in [5, 5.41) is 26.2. The van der Waals surface area contributed by atoms with Crippen molar-refractivity contribution >= 4 is 48.5 Å². The number of tetrazole rings is 1. The van der Waals surface area contributed by atoms with Crippen molar-refractivity contribution in [3.8, 4) is 28.6 Å². The molecule has 19 heteroatoms. The fraction of sp³-hybridized carbons (Fsp3) is 0.333. The number of sulfonamides is 1. The van der Waals surface area contributed by atoms with E-state index >= 15 is 8.42 Å². The lowest BCUT2D eigenvalue weighted by atomic mass is 10.2. The molecule has 0 aliphatic heterocycles. The summed E-state index contributed by atoms with van der Waals surface area (Å²) in [5.41, 5.74) is 1.03. The van der Waals surface area contributed by atoms with Gasteiger partial charge < -0.3 is 29.4 Å². The lowest BCUT2D eigenvalue weighted by Gasteiger charge is -2.26. The number of sulfone groups is 1. The summed E-state index contributed by atoms with van der Waals surface area (Å²) in [6.45, 7) is 4.28. The number of aliphatic hydroxyl groups is 1. The standard InChI is InChI=1S/C39H45IN6O10S2/c1-39(2,3)56-38(48)41-21-29(47)25-57(49,50)34-20-19-33(40)35(37-42-44-46(43-37)24-28-11-17-32(55-6)18-12-28)36(34)58(51,52)45(22-26-7-13-30(53-4)14-8-26)23-27-9-15-31(54-5)16-10-27/h7-20,29,47H,21-25H2,1-6H3,(H,41,48). The average Bonchev–Trinajstić information content (AvgIpc) is 3.64. The van der Waals surface area contributed by atoms with Gasteiger partial charge in [-0.15, -0.1) is 10.2 Å². The Bertz CT molecular complexity index is 2360. The van der Waals surface area contributed by atoms with Crippen molar-refractivity contribution in [1.29, 1.82) is 0 Å². The maximum atomic E-state index is 15.4. The Morgan fingerprint density at radius 2 is 1.31 bits per heavy atom. The third kappa shape index (κ3) is 11.4. The number of aliphatic hydroxyl groups excluding tert-OH is 1.